The molecule has 1 rings (SSSR count). The van der Waals surface area contributed by atoms with Gasteiger partial charge in [-0.2, -0.15) is 0 Å². The second-order valence-corrected chi connectivity index (χ2v) is 4.06. The van der Waals surface area contributed by atoms with Crippen LogP contribution in [0.4, 0.5) is 5.82 Å². The van der Waals surface area contributed by atoms with Crippen molar-refractivity contribution in [2.24, 2.45) is 0 Å². The summed E-state index contributed by atoms with van der Waals surface area (Å²) in [5.41, 5.74) is 2.39. The van der Waals surface area contributed by atoms with Gasteiger partial charge in [-0.1, -0.05) is 31.9 Å². The van der Waals surface area contributed by atoms with Crippen LogP contribution in [-0.4, -0.2) is 11.2 Å². The number of hydrogen-bond acceptors (Lipinski definition) is 3. The summed E-state index contributed by atoms with van der Waals surface area (Å²) >= 11 is 1.55. The highest BCUT2D eigenvalue weighted by Crippen LogP contribution is 2.21. The molecule has 0 aliphatic rings. The van der Waals surface area contributed by atoms with Gasteiger partial charge in [0.05, 0.1) is 0 Å². The van der Waals surface area contributed by atoms with Gasteiger partial charge in [-0.25, -0.2) is 4.98 Å². The maximum atomic E-state index is 4.22. The maximum absolute atomic E-state index is 4.22. The van der Waals surface area contributed by atoms with Crippen LogP contribution < -0.4 is 4.72 Å². The van der Waals surface area contributed by atoms with Crippen LogP contribution >= 0.6 is 11.9 Å². The first kappa shape index (κ1) is 12.1. The Bertz CT molecular complexity index is 323. The Kier molecular flexibility index (Phi) is 5.26. The molecule has 2 nitrogen and oxygen atoms in total. The van der Waals surface area contributed by atoms with Crippen molar-refractivity contribution >= 4 is 23.3 Å². The molecular formula is C12H18N2S. The summed E-state index contributed by atoms with van der Waals surface area (Å²) in [5, 5.41) is 0. The van der Waals surface area contributed by atoms with E-state index in [1.54, 1.807) is 11.9 Å². The molecule has 15 heavy (non-hydrogen) atoms. The van der Waals surface area contributed by atoms with Crippen molar-refractivity contribution in [3.05, 3.63) is 30.5 Å². The predicted molar refractivity (Wildman–Crippen MR) is 69.9 cm³/mol. The Morgan fingerprint density at radius 1 is 1.60 bits per heavy atom. The average Bonchev–Trinajstić information content (AvgIpc) is 2.27. The van der Waals surface area contributed by atoms with E-state index in [0.29, 0.717) is 0 Å². The Hall–Kier alpha value is -0.960. The van der Waals surface area contributed by atoms with Crippen molar-refractivity contribution in [2.75, 3.05) is 11.0 Å². The standard InChI is InChI=1S/C12H18N2S/c1-4-5-6-10(2)11-7-8-13-12(9-11)14-15-3/h7-9H,2,4-6H2,1,3H3,(H,13,14). The third kappa shape index (κ3) is 3.96. The summed E-state index contributed by atoms with van der Waals surface area (Å²) < 4.78 is 3.12. The molecule has 0 aliphatic carbocycles. The monoisotopic (exact) mass is 222 g/mol. The van der Waals surface area contributed by atoms with Crippen molar-refractivity contribution in [2.45, 2.75) is 26.2 Å². The van der Waals surface area contributed by atoms with Gasteiger partial charge in [-0.05, 0) is 36.1 Å². The van der Waals surface area contributed by atoms with Gasteiger partial charge in [-0.15, -0.1) is 0 Å². The summed E-state index contributed by atoms with van der Waals surface area (Å²) in [5.74, 6) is 0.901. The molecule has 82 valence electrons. The first-order chi connectivity index (χ1) is 7.27. The summed E-state index contributed by atoms with van der Waals surface area (Å²) in [4.78, 5) is 4.22. The summed E-state index contributed by atoms with van der Waals surface area (Å²) in [7, 11) is 0. The number of hydrogen-bond donors (Lipinski definition) is 1. The van der Waals surface area contributed by atoms with E-state index in [1.807, 2.05) is 18.5 Å². The van der Waals surface area contributed by atoms with Crippen molar-refractivity contribution in [3.8, 4) is 0 Å². The number of unbranched alkanes of at least 4 members (excludes halogenated alkanes) is 1. The molecule has 3 heteroatoms. The fourth-order valence-corrected chi connectivity index (χ4v) is 1.67. The number of pyridine rings is 1. The first-order valence-electron chi connectivity index (χ1n) is 5.21. The Balaban J connectivity index is 2.67. The molecule has 0 aliphatic heterocycles. The molecule has 0 fully saturated rings. The van der Waals surface area contributed by atoms with Crippen molar-refractivity contribution in [3.63, 3.8) is 0 Å². The number of rotatable bonds is 6. The zero-order chi connectivity index (χ0) is 11.1. The average molecular weight is 222 g/mol. The lowest BCUT2D eigenvalue weighted by Crippen LogP contribution is -1.91. The van der Waals surface area contributed by atoms with Crippen molar-refractivity contribution in [1.29, 1.82) is 0 Å². The highest BCUT2D eigenvalue weighted by atomic mass is 32.2. The van der Waals surface area contributed by atoms with E-state index in [-0.39, 0.29) is 0 Å². The van der Waals surface area contributed by atoms with Crippen LogP contribution in [0.25, 0.3) is 5.57 Å². The molecule has 1 N–H and O–H groups in total. The van der Waals surface area contributed by atoms with E-state index in [4.69, 9.17) is 0 Å². The molecule has 0 radical (unpaired) electrons. The molecule has 0 saturated heterocycles. The van der Waals surface area contributed by atoms with E-state index < -0.39 is 0 Å². The molecule has 0 amide bonds. The molecular weight excluding hydrogens is 204 g/mol. The van der Waals surface area contributed by atoms with E-state index in [2.05, 4.69) is 29.3 Å². The van der Waals surface area contributed by atoms with E-state index >= 15 is 0 Å². The fraction of sp³-hybridized carbons (Fsp3) is 0.417. The van der Waals surface area contributed by atoms with Gasteiger partial charge in [0.1, 0.15) is 5.82 Å². The van der Waals surface area contributed by atoms with Gasteiger partial charge >= 0.3 is 0 Å². The lowest BCUT2D eigenvalue weighted by Gasteiger charge is -2.07. The number of anilines is 1. The van der Waals surface area contributed by atoms with Gasteiger partial charge < -0.3 is 4.72 Å². The Morgan fingerprint density at radius 3 is 3.07 bits per heavy atom. The SMILES string of the molecule is C=C(CCCC)c1ccnc(NSC)c1. The normalized spacial score (nSPS) is 10.0. The fourth-order valence-electron chi connectivity index (χ4n) is 1.35. The number of nitrogens with zero attached hydrogens (tertiary/aromatic N) is 1. The maximum Gasteiger partial charge on any atom is 0.136 e. The lowest BCUT2D eigenvalue weighted by molar-refractivity contribution is 0.825. The van der Waals surface area contributed by atoms with Gasteiger partial charge in [0.2, 0.25) is 0 Å². The molecule has 0 unspecified atom stereocenters. The Morgan fingerprint density at radius 2 is 2.40 bits per heavy atom. The van der Waals surface area contributed by atoms with E-state index in [0.717, 1.165) is 12.2 Å². The van der Waals surface area contributed by atoms with Gasteiger partial charge in [0, 0.05) is 12.5 Å². The minimum atomic E-state index is 0.901. The quantitative estimate of drug-likeness (QED) is 0.737. The number of aromatic nitrogens is 1. The summed E-state index contributed by atoms with van der Waals surface area (Å²) in [6.45, 7) is 6.30. The molecule has 1 heterocycles. The topological polar surface area (TPSA) is 24.9 Å². The number of nitrogens with one attached hydrogen (secondary N) is 1. The Labute approximate surface area is 96.3 Å². The minimum absolute atomic E-state index is 0.901. The highest BCUT2D eigenvalue weighted by molar-refractivity contribution is 7.99. The predicted octanol–water partition coefficient (Wildman–Crippen LogP) is 3.97. The van der Waals surface area contributed by atoms with Crippen LogP contribution in [0.3, 0.4) is 0 Å². The van der Waals surface area contributed by atoms with Crippen LogP contribution in [0.15, 0.2) is 24.9 Å². The van der Waals surface area contributed by atoms with Gasteiger partial charge in [0.15, 0.2) is 0 Å². The molecule has 0 aromatic carbocycles. The van der Waals surface area contributed by atoms with Gasteiger partial charge in [-0.3, -0.25) is 0 Å². The zero-order valence-electron chi connectivity index (χ0n) is 9.42. The lowest BCUT2D eigenvalue weighted by atomic mass is 10.0. The van der Waals surface area contributed by atoms with Crippen LogP contribution in [0, 0.1) is 0 Å². The third-order valence-corrected chi connectivity index (χ3v) is 2.62. The minimum Gasteiger partial charge on any atom is -0.315 e. The largest absolute Gasteiger partial charge is 0.315 e. The second-order valence-electron chi connectivity index (χ2n) is 3.44. The van der Waals surface area contributed by atoms with Crippen LogP contribution in [0.2, 0.25) is 0 Å². The molecule has 1 aromatic rings. The van der Waals surface area contributed by atoms with Crippen LogP contribution in [-0.2, 0) is 0 Å². The van der Waals surface area contributed by atoms with E-state index in [1.165, 1.54) is 24.0 Å². The highest BCUT2D eigenvalue weighted by Gasteiger charge is 2.00. The van der Waals surface area contributed by atoms with E-state index in [9.17, 15) is 0 Å². The summed E-state index contributed by atoms with van der Waals surface area (Å²) in [6, 6.07) is 4.07. The zero-order valence-corrected chi connectivity index (χ0v) is 10.2. The first-order valence-corrected chi connectivity index (χ1v) is 6.43. The van der Waals surface area contributed by atoms with Crippen molar-refractivity contribution in [1.82, 2.24) is 4.98 Å². The molecule has 0 bridgehead atoms. The smallest absolute Gasteiger partial charge is 0.136 e. The summed E-state index contributed by atoms with van der Waals surface area (Å²) in [6.07, 6.45) is 7.29. The number of allylic oxidation sites excluding steroid dienone is 1. The van der Waals surface area contributed by atoms with Gasteiger partial charge in [0.25, 0.3) is 0 Å². The third-order valence-electron chi connectivity index (χ3n) is 2.21. The van der Waals surface area contributed by atoms with Crippen LogP contribution in [0.5, 0.6) is 0 Å². The molecule has 1 aromatic heterocycles. The molecule has 0 spiro atoms. The van der Waals surface area contributed by atoms with Crippen molar-refractivity contribution < 1.29 is 0 Å². The molecule has 0 saturated carbocycles. The molecule has 0 atom stereocenters. The van der Waals surface area contributed by atoms with Crippen LogP contribution in [0.1, 0.15) is 31.7 Å². The second kappa shape index (κ2) is 6.51.